The van der Waals surface area contributed by atoms with E-state index in [1.54, 1.807) is 18.2 Å². The summed E-state index contributed by atoms with van der Waals surface area (Å²) in [5.41, 5.74) is 9.20. The van der Waals surface area contributed by atoms with Crippen LogP contribution in [0.4, 0.5) is 5.69 Å². The second kappa shape index (κ2) is 14.1. The van der Waals surface area contributed by atoms with Crippen LogP contribution >= 0.6 is 11.6 Å². The molecule has 1 aliphatic rings. The van der Waals surface area contributed by atoms with E-state index in [1.807, 2.05) is 52.1 Å². The molecule has 3 aromatic rings. The fraction of sp³-hybridized carbons (Fsp3) is 0.353. The van der Waals surface area contributed by atoms with Gasteiger partial charge in [0.05, 0.1) is 17.3 Å². The molecule has 1 atom stereocenters. The Morgan fingerprint density at radius 1 is 1.07 bits per heavy atom. The Balaban J connectivity index is 1.63. The van der Waals surface area contributed by atoms with Gasteiger partial charge in [0.2, 0.25) is 0 Å². The maximum atomic E-state index is 13.5. The number of carbonyl (C=O) groups is 1. The second-order valence-electron chi connectivity index (χ2n) is 11.0. The third-order valence-corrected chi connectivity index (χ3v) is 8.01. The summed E-state index contributed by atoms with van der Waals surface area (Å²) in [5.74, 6) is 0.312. The minimum Gasteiger partial charge on any atom is -0.470 e. The average molecular weight is 589 g/mol. The molecule has 4 N–H and O–H groups in total. The number of nitrogens with one attached hydrogen (secondary N) is 3. The maximum absolute atomic E-state index is 13.5. The predicted molar refractivity (Wildman–Crippen MR) is 172 cm³/mol. The van der Waals surface area contributed by atoms with E-state index in [0.29, 0.717) is 23.0 Å². The fourth-order valence-corrected chi connectivity index (χ4v) is 5.37. The van der Waals surface area contributed by atoms with Crippen LogP contribution in [-0.2, 0) is 11.4 Å². The van der Waals surface area contributed by atoms with E-state index in [-0.39, 0.29) is 18.4 Å². The van der Waals surface area contributed by atoms with Crippen LogP contribution in [0.15, 0.2) is 70.9 Å². The van der Waals surface area contributed by atoms with Crippen LogP contribution in [0.3, 0.4) is 0 Å². The molecule has 0 saturated heterocycles. The number of benzene rings is 3. The lowest BCUT2D eigenvalue weighted by Crippen LogP contribution is -2.30. The quantitative estimate of drug-likeness (QED) is 0.156. The van der Waals surface area contributed by atoms with Crippen LogP contribution in [0.25, 0.3) is 11.1 Å². The van der Waals surface area contributed by atoms with E-state index in [1.165, 1.54) is 5.57 Å². The minimum atomic E-state index is -0.456. The van der Waals surface area contributed by atoms with Crippen LogP contribution in [-0.4, -0.2) is 36.9 Å². The van der Waals surface area contributed by atoms with Gasteiger partial charge >= 0.3 is 0 Å². The molecule has 4 rings (SSSR count). The summed E-state index contributed by atoms with van der Waals surface area (Å²) in [7, 11) is 1.84. The lowest BCUT2D eigenvalue weighted by Gasteiger charge is -2.23. The van der Waals surface area contributed by atoms with Gasteiger partial charge < -0.3 is 20.5 Å². The number of aliphatic hydroxyl groups is 1. The number of halogens is 1. The van der Waals surface area contributed by atoms with Gasteiger partial charge in [-0.25, -0.2) is 0 Å². The zero-order chi connectivity index (χ0) is 30.4. The van der Waals surface area contributed by atoms with Gasteiger partial charge in [-0.3, -0.25) is 15.1 Å². The summed E-state index contributed by atoms with van der Waals surface area (Å²) in [5, 5.41) is 19.6. The first kappa shape index (κ1) is 31.4. The zero-order valence-corrected chi connectivity index (χ0v) is 26.0. The number of amides is 1. The van der Waals surface area contributed by atoms with Crippen molar-refractivity contribution in [3.63, 3.8) is 0 Å². The lowest BCUT2D eigenvalue weighted by atomic mass is 9.92. The molecule has 1 unspecified atom stereocenters. The zero-order valence-electron chi connectivity index (χ0n) is 25.3. The van der Waals surface area contributed by atoms with Gasteiger partial charge in [-0.1, -0.05) is 61.8 Å². The molecule has 7 nitrogen and oxygen atoms in total. The highest BCUT2D eigenvalue weighted by atomic mass is 35.5. The summed E-state index contributed by atoms with van der Waals surface area (Å²) in [6, 6.07) is 17.3. The Bertz CT molecular complexity index is 1510. The third-order valence-electron chi connectivity index (χ3n) is 7.71. The van der Waals surface area contributed by atoms with Crippen molar-refractivity contribution in [3.05, 3.63) is 93.1 Å². The highest BCUT2D eigenvalue weighted by Gasteiger charge is 2.21. The number of nitrogens with zero attached hydrogens (tertiary/aromatic N) is 1. The highest BCUT2D eigenvalue weighted by Crippen LogP contribution is 2.36. The summed E-state index contributed by atoms with van der Waals surface area (Å²) in [4.78, 5) is 18.3. The standard InChI is InChI=1S/C34H41ClN4O3/c1-20(2)32(38-30-18-37-16-15-21(30)3)33(41)39-29-12-8-10-26(23(29)5)25-9-7-11-27(22(25)4)34(36-6)42-31-14-13-24(19-40)17-28(31)35/h7-14,17,20,34,36-37,40H,15-16,18-19H2,1-6H3,(H,39,41). The molecule has 0 aliphatic carbocycles. The van der Waals surface area contributed by atoms with Crippen molar-refractivity contribution in [1.29, 1.82) is 0 Å². The van der Waals surface area contributed by atoms with Crippen LogP contribution in [0, 0.1) is 19.8 Å². The summed E-state index contributed by atoms with van der Waals surface area (Å²) >= 11 is 6.43. The van der Waals surface area contributed by atoms with Gasteiger partial charge in [0.1, 0.15) is 11.5 Å². The fourth-order valence-electron chi connectivity index (χ4n) is 5.12. The number of aliphatic imine (C=N–C) groups is 1. The first-order chi connectivity index (χ1) is 20.1. The van der Waals surface area contributed by atoms with Crippen LogP contribution in [0.5, 0.6) is 5.75 Å². The lowest BCUT2D eigenvalue weighted by molar-refractivity contribution is -0.110. The normalized spacial score (nSPS) is 14.7. The smallest absolute Gasteiger partial charge is 0.270 e. The van der Waals surface area contributed by atoms with E-state index in [9.17, 15) is 9.90 Å². The van der Waals surface area contributed by atoms with Gasteiger partial charge in [0.25, 0.3) is 5.91 Å². The molecule has 3 aromatic carbocycles. The van der Waals surface area contributed by atoms with E-state index >= 15 is 0 Å². The van der Waals surface area contributed by atoms with Crippen molar-refractivity contribution < 1.29 is 14.6 Å². The van der Waals surface area contributed by atoms with Crippen molar-refractivity contribution >= 4 is 28.9 Å². The largest absolute Gasteiger partial charge is 0.470 e. The number of hydrogen-bond donors (Lipinski definition) is 4. The summed E-state index contributed by atoms with van der Waals surface area (Å²) < 4.78 is 6.27. The molecular formula is C34H41ClN4O3. The molecule has 1 heterocycles. The number of anilines is 1. The molecule has 8 heteroatoms. The highest BCUT2D eigenvalue weighted by molar-refractivity contribution is 6.44. The van der Waals surface area contributed by atoms with Crippen LogP contribution in [0.2, 0.25) is 5.02 Å². The molecule has 1 amide bonds. The van der Waals surface area contributed by atoms with E-state index in [4.69, 9.17) is 21.3 Å². The Kier molecular flexibility index (Phi) is 10.6. The molecule has 222 valence electrons. The molecule has 42 heavy (non-hydrogen) atoms. The van der Waals surface area contributed by atoms with Crippen molar-refractivity contribution in [2.45, 2.75) is 53.9 Å². The van der Waals surface area contributed by atoms with Crippen molar-refractivity contribution in [3.8, 4) is 16.9 Å². The molecule has 0 saturated carbocycles. The Hall–Kier alpha value is -3.49. The Morgan fingerprint density at radius 2 is 1.79 bits per heavy atom. The van der Waals surface area contributed by atoms with E-state index in [2.05, 4.69) is 41.9 Å². The number of rotatable bonds is 10. The van der Waals surface area contributed by atoms with Crippen LogP contribution in [0.1, 0.15) is 55.7 Å². The van der Waals surface area contributed by atoms with E-state index in [0.717, 1.165) is 57.7 Å². The maximum Gasteiger partial charge on any atom is 0.270 e. The number of aliphatic hydroxyl groups excluding tert-OH is 1. The van der Waals surface area contributed by atoms with Gasteiger partial charge in [-0.2, -0.15) is 0 Å². The molecular weight excluding hydrogens is 548 g/mol. The molecule has 0 bridgehead atoms. The average Bonchev–Trinajstić information content (AvgIpc) is 2.97. The molecule has 0 spiro atoms. The first-order valence-electron chi connectivity index (χ1n) is 14.4. The SMILES string of the molecule is CNC(Oc1ccc(CO)cc1Cl)c1cccc(-c2cccc(NC(=O)C(=NC3=C(C)CCNC3)C(C)C)c2C)c1C. The summed E-state index contributed by atoms with van der Waals surface area (Å²) in [6.07, 6.45) is 0.482. The number of carbonyl (C=O) groups excluding carboxylic acids is 1. The monoisotopic (exact) mass is 588 g/mol. The Labute approximate surface area is 254 Å². The van der Waals surface area contributed by atoms with E-state index < -0.39 is 6.23 Å². The third kappa shape index (κ3) is 7.10. The Morgan fingerprint density at radius 3 is 2.43 bits per heavy atom. The minimum absolute atomic E-state index is 0.0264. The molecule has 0 aromatic heterocycles. The van der Waals surface area contributed by atoms with Gasteiger partial charge in [0.15, 0.2) is 6.23 Å². The predicted octanol–water partition coefficient (Wildman–Crippen LogP) is 6.72. The number of hydrogen-bond acceptors (Lipinski definition) is 6. The summed E-state index contributed by atoms with van der Waals surface area (Å²) in [6.45, 7) is 11.7. The van der Waals surface area contributed by atoms with Gasteiger partial charge in [0, 0.05) is 23.7 Å². The number of ether oxygens (including phenoxy) is 1. The molecule has 0 radical (unpaired) electrons. The van der Waals surface area contributed by atoms with Crippen molar-refractivity contribution in [2.75, 3.05) is 25.5 Å². The van der Waals surface area contributed by atoms with Gasteiger partial charge in [-0.15, -0.1) is 0 Å². The van der Waals surface area contributed by atoms with Crippen molar-refractivity contribution in [2.24, 2.45) is 10.9 Å². The second-order valence-corrected chi connectivity index (χ2v) is 11.4. The first-order valence-corrected chi connectivity index (χ1v) is 14.7. The molecule has 1 aliphatic heterocycles. The van der Waals surface area contributed by atoms with Crippen LogP contribution < -0.4 is 20.7 Å². The van der Waals surface area contributed by atoms with Crippen molar-refractivity contribution in [1.82, 2.24) is 10.6 Å². The van der Waals surface area contributed by atoms with Gasteiger partial charge in [-0.05, 0) is 92.4 Å². The molecule has 0 fully saturated rings. The topological polar surface area (TPSA) is 95.0 Å².